The lowest BCUT2D eigenvalue weighted by Gasteiger charge is -2.51. The Morgan fingerprint density at radius 1 is 0.935 bits per heavy atom. The van der Waals surface area contributed by atoms with E-state index in [2.05, 4.69) is 0 Å². The molecule has 0 aromatic carbocycles. The van der Waals surface area contributed by atoms with Crippen LogP contribution in [0.15, 0.2) is 24.3 Å². The first-order chi connectivity index (χ1) is 29.2. The topological polar surface area (TPSA) is 243 Å². The van der Waals surface area contributed by atoms with Crippen LogP contribution in [0.4, 0.5) is 0 Å². The summed E-state index contributed by atoms with van der Waals surface area (Å²) in [4.78, 5) is 64.4. The van der Waals surface area contributed by atoms with E-state index in [1.54, 1.807) is 71.0 Å². The zero-order valence-electron chi connectivity index (χ0n) is 37.7. The minimum absolute atomic E-state index is 0.0236. The van der Waals surface area contributed by atoms with Crippen molar-refractivity contribution in [1.29, 1.82) is 0 Å². The number of aliphatic carboxylic acids is 1. The molecule has 0 spiro atoms. The van der Waals surface area contributed by atoms with E-state index in [9.17, 15) is 44.4 Å². The molecular weight excluding hydrogens is 814 g/mol. The van der Waals surface area contributed by atoms with E-state index in [1.165, 1.54) is 14.0 Å². The number of carboxylic acid groups (broad SMARTS) is 1. The lowest BCUT2D eigenvalue weighted by atomic mass is 9.82. The number of nitrogens with zero attached hydrogens (tertiary/aromatic N) is 1. The number of rotatable bonds is 16. The van der Waals surface area contributed by atoms with Gasteiger partial charge in [-0.1, -0.05) is 38.2 Å². The van der Waals surface area contributed by atoms with Crippen LogP contribution in [0.1, 0.15) is 106 Å². The van der Waals surface area contributed by atoms with Crippen LogP contribution in [0.2, 0.25) is 0 Å². The van der Waals surface area contributed by atoms with E-state index in [1.807, 2.05) is 6.92 Å². The Kier molecular flexibility index (Phi) is 21.6. The zero-order valence-corrected chi connectivity index (χ0v) is 37.7. The van der Waals surface area contributed by atoms with Crippen LogP contribution in [0.3, 0.4) is 0 Å². The monoisotopic (exact) mass is 885 g/mol. The number of methoxy groups -OCH3 is 1. The fourth-order valence-corrected chi connectivity index (χ4v) is 8.35. The van der Waals surface area contributed by atoms with Gasteiger partial charge < -0.3 is 68.0 Å². The van der Waals surface area contributed by atoms with Crippen molar-refractivity contribution in [2.75, 3.05) is 21.2 Å². The van der Waals surface area contributed by atoms with Gasteiger partial charge >= 0.3 is 23.9 Å². The number of carbonyl (C=O) groups is 5. The molecule has 354 valence electrons. The summed E-state index contributed by atoms with van der Waals surface area (Å²) >= 11 is 0. The lowest BCUT2D eigenvalue weighted by Crippen LogP contribution is -2.66. The molecule has 0 aliphatic carbocycles. The van der Waals surface area contributed by atoms with Crippen LogP contribution in [-0.2, 0) is 61.9 Å². The van der Waals surface area contributed by atoms with Crippen molar-refractivity contribution in [2.45, 2.75) is 191 Å². The molecule has 0 bridgehead atoms. The molecule has 4 N–H and O–H groups in total. The molecule has 0 unspecified atom stereocenters. The van der Waals surface area contributed by atoms with E-state index in [0.29, 0.717) is 19.1 Å². The predicted octanol–water partition coefficient (Wildman–Crippen LogP) is 3.00. The average molecular weight is 886 g/mol. The second-order valence-electron chi connectivity index (χ2n) is 17.2. The molecule has 16 atom stereocenters. The maximum absolute atomic E-state index is 13.5. The van der Waals surface area contributed by atoms with Gasteiger partial charge in [-0.05, 0) is 72.9 Å². The molecule has 3 aliphatic heterocycles. The first kappa shape index (κ1) is 53.0. The largest absolute Gasteiger partial charge is 0.481 e. The number of hydrogen-bond donors (Lipinski definition) is 4. The molecule has 3 heterocycles. The number of aliphatic hydroxyl groups is 3. The van der Waals surface area contributed by atoms with E-state index in [-0.39, 0.29) is 44.9 Å². The fraction of sp³-hybridized carbons (Fsp3) is 0.795. The van der Waals surface area contributed by atoms with Gasteiger partial charge in [0.2, 0.25) is 0 Å². The Morgan fingerprint density at radius 3 is 2.24 bits per heavy atom. The maximum Gasteiger partial charge on any atom is 0.308 e. The van der Waals surface area contributed by atoms with E-state index in [4.69, 9.17) is 37.9 Å². The molecular formula is C44H71NO17. The summed E-state index contributed by atoms with van der Waals surface area (Å²) in [7, 11) is 4.74. The molecule has 3 rings (SSSR count). The molecule has 62 heavy (non-hydrogen) atoms. The van der Waals surface area contributed by atoms with E-state index in [0.717, 1.165) is 0 Å². The normalized spacial score (nSPS) is 38.7. The Bertz CT molecular complexity index is 1500. The third-order valence-corrected chi connectivity index (χ3v) is 11.5. The van der Waals surface area contributed by atoms with Crippen molar-refractivity contribution in [3.8, 4) is 0 Å². The zero-order chi connectivity index (χ0) is 46.3. The van der Waals surface area contributed by atoms with Crippen LogP contribution in [0.25, 0.3) is 0 Å². The van der Waals surface area contributed by atoms with E-state index < -0.39 is 127 Å². The van der Waals surface area contributed by atoms with Crippen molar-refractivity contribution in [2.24, 2.45) is 11.8 Å². The van der Waals surface area contributed by atoms with Crippen LogP contribution < -0.4 is 0 Å². The van der Waals surface area contributed by atoms with Gasteiger partial charge in [-0.25, -0.2) is 0 Å². The second-order valence-corrected chi connectivity index (χ2v) is 17.2. The molecule has 2 fully saturated rings. The number of likely N-dealkylation sites (N-methyl/N-ethyl adjacent to an activating group) is 1. The number of ether oxygens (including phenoxy) is 8. The van der Waals surface area contributed by atoms with Crippen LogP contribution in [0.5, 0.6) is 0 Å². The summed E-state index contributed by atoms with van der Waals surface area (Å²) in [5, 5.41) is 43.5. The summed E-state index contributed by atoms with van der Waals surface area (Å²) in [6.07, 6.45) is -5.45. The van der Waals surface area contributed by atoms with Crippen molar-refractivity contribution in [3.05, 3.63) is 24.3 Å². The first-order valence-corrected chi connectivity index (χ1v) is 21.7. The molecule has 18 heteroatoms. The van der Waals surface area contributed by atoms with Gasteiger partial charge in [-0.2, -0.15) is 0 Å². The van der Waals surface area contributed by atoms with Crippen molar-refractivity contribution in [3.63, 3.8) is 0 Å². The van der Waals surface area contributed by atoms with Gasteiger partial charge in [-0.15, -0.1) is 0 Å². The van der Waals surface area contributed by atoms with Crippen molar-refractivity contribution >= 4 is 30.2 Å². The fourth-order valence-electron chi connectivity index (χ4n) is 8.35. The molecule has 0 aromatic heterocycles. The Labute approximate surface area is 365 Å². The summed E-state index contributed by atoms with van der Waals surface area (Å²) < 4.78 is 49.2. The van der Waals surface area contributed by atoms with Gasteiger partial charge in [-0.3, -0.25) is 19.2 Å². The quantitative estimate of drug-likeness (QED) is 0.0989. The van der Waals surface area contributed by atoms with Gasteiger partial charge in [0.15, 0.2) is 24.8 Å². The lowest BCUT2D eigenvalue weighted by molar-refractivity contribution is -0.345. The number of aldehydes is 1. The minimum Gasteiger partial charge on any atom is -0.481 e. The smallest absolute Gasteiger partial charge is 0.308 e. The highest BCUT2D eigenvalue weighted by Crippen LogP contribution is 2.38. The molecule has 2 saturated heterocycles. The van der Waals surface area contributed by atoms with E-state index >= 15 is 0 Å². The Morgan fingerprint density at radius 2 is 1.63 bits per heavy atom. The first-order valence-electron chi connectivity index (χ1n) is 21.7. The number of cyclic esters (lactones) is 1. The highest BCUT2D eigenvalue weighted by Gasteiger charge is 2.54. The predicted molar refractivity (Wildman–Crippen MR) is 221 cm³/mol. The van der Waals surface area contributed by atoms with Crippen LogP contribution in [0, 0.1) is 11.8 Å². The molecule has 0 saturated carbocycles. The van der Waals surface area contributed by atoms with Crippen LogP contribution >= 0.6 is 0 Å². The van der Waals surface area contributed by atoms with Gasteiger partial charge in [0.25, 0.3) is 0 Å². The minimum atomic E-state index is -1.56. The number of aliphatic hydroxyl groups excluding tert-OH is 2. The number of carbonyl (C=O) groups excluding carboxylic acids is 4. The molecule has 0 aromatic rings. The summed E-state index contributed by atoms with van der Waals surface area (Å²) in [6.45, 7) is 10.2. The number of esters is 3. The highest BCUT2D eigenvalue weighted by atomic mass is 16.7. The van der Waals surface area contributed by atoms with Crippen molar-refractivity contribution in [1.82, 2.24) is 4.90 Å². The van der Waals surface area contributed by atoms with Gasteiger partial charge in [0.1, 0.15) is 30.2 Å². The molecule has 0 radical (unpaired) electrons. The number of carboxylic acids is 1. The molecule has 18 nitrogen and oxygen atoms in total. The summed E-state index contributed by atoms with van der Waals surface area (Å²) in [6, 6.07) is -0.867. The third kappa shape index (κ3) is 15.7. The SMILES string of the molecule is CCCC(=O)O[C@H]1[C@H](C)O[C@@H](O[C@H]2[C@H](N(C)C)[C@@H](OC(=O)CCCC(=O)O)[C@H](O[C@H]3[C@@H](CC=O)C[C@@H](C)[C@@H](O)/C=C/C=C/C[C@@H](C)OC(=O)C[C@@H](O)[C@@H]3OC)O[C@@H]2C)C[C@@]1(C)O. The number of hydrogen-bond acceptors (Lipinski definition) is 17. The Balaban J connectivity index is 2.08. The average Bonchev–Trinajstić information content (AvgIpc) is 3.16. The second kappa shape index (κ2) is 25.2. The Hall–Kier alpha value is -3.33. The maximum atomic E-state index is 13.5. The van der Waals surface area contributed by atoms with Crippen molar-refractivity contribution < 1.29 is 82.3 Å². The molecule has 3 aliphatic rings. The van der Waals surface area contributed by atoms with Crippen LogP contribution in [-0.4, -0.2) is 162 Å². The van der Waals surface area contributed by atoms with Gasteiger partial charge in [0, 0.05) is 45.6 Å². The summed E-state index contributed by atoms with van der Waals surface area (Å²) in [5.41, 5.74) is -1.56. The number of allylic oxidation sites excluding steroid dienone is 2. The van der Waals surface area contributed by atoms with Gasteiger partial charge in [0.05, 0.1) is 43.0 Å². The summed E-state index contributed by atoms with van der Waals surface area (Å²) in [5.74, 6) is -4.25. The molecule has 0 amide bonds. The standard InChI is InChI=1S/C44H71NO17/c1-10-15-33(51)60-42-28(5)57-36(24-44(42,6)54)61-38-27(4)58-43(41(37(38)45(7)8)59-34(52)19-14-18-32(49)50)62-39-29(20-21-46)22-25(2)30(47)17-13-11-12-16-26(3)56-35(53)23-31(48)40(39)55-9/h11-13,17,21,25-31,36-43,47-48,54H,10,14-16,18-20,22-24H2,1-9H3,(H,49,50)/b12-11+,17-13+/t25-,26-,27-,28+,29+,30+,31-,36+,37+,38-,39+,40+,41-,42+,43+,44-/m1/s1. The highest BCUT2D eigenvalue weighted by molar-refractivity contribution is 5.72. The third-order valence-electron chi connectivity index (χ3n) is 11.5.